The van der Waals surface area contributed by atoms with E-state index in [2.05, 4.69) is 101 Å². The van der Waals surface area contributed by atoms with Crippen molar-refractivity contribution in [3.8, 4) is 45.2 Å². The van der Waals surface area contributed by atoms with E-state index in [1.807, 2.05) is 42.5 Å². The van der Waals surface area contributed by atoms with Crippen LogP contribution in [-0.4, -0.2) is 10.2 Å². The Morgan fingerprint density at radius 2 is 0.900 bits per heavy atom. The van der Waals surface area contributed by atoms with E-state index >= 15 is 0 Å². The number of nitrogens with zero attached hydrogens (tertiary/aromatic N) is 2. The van der Waals surface area contributed by atoms with Gasteiger partial charge in [-0.3, -0.25) is 0 Å². The van der Waals surface area contributed by atoms with Crippen molar-refractivity contribution in [3.63, 3.8) is 0 Å². The van der Waals surface area contributed by atoms with E-state index in [4.69, 9.17) is 8.83 Å². The molecular formula is C36H22N2O2. The molecule has 0 radical (unpaired) electrons. The maximum Gasteiger partial charge on any atom is 0.248 e. The summed E-state index contributed by atoms with van der Waals surface area (Å²) < 4.78 is 12.3. The molecule has 8 rings (SSSR count). The fourth-order valence-electron chi connectivity index (χ4n) is 5.49. The molecule has 4 nitrogen and oxygen atoms in total. The number of benzene rings is 6. The predicted molar refractivity (Wildman–Crippen MR) is 161 cm³/mol. The van der Waals surface area contributed by atoms with Gasteiger partial charge >= 0.3 is 0 Å². The van der Waals surface area contributed by atoms with Crippen LogP contribution in [-0.2, 0) is 0 Å². The van der Waals surface area contributed by atoms with Gasteiger partial charge in [0, 0.05) is 27.5 Å². The molecule has 8 aromatic rings. The van der Waals surface area contributed by atoms with E-state index in [-0.39, 0.29) is 0 Å². The highest BCUT2D eigenvalue weighted by Crippen LogP contribution is 2.36. The van der Waals surface area contributed by atoms with Crippen molar-refractivity contribution in [3.05, 3.63) is 133 Å². The molecule has 0 aliphatic carbocycles. The highest BCUT2D eigenvalue weighted by atomic mass is 16.4. The van der Waals surface area contributed by atoms with Gasteiger partial charge in [-0.25, -0.2) is 0 Å². The summed E-state index contributed by atoms with van der Waals surface area (Å²) in [6, 6.07) is 45.7. The Hall–Kier alpha value is -5.48. The number of rotatable bonds is 4. The van der Waals surface area contributed by atoms with E-state index < -0.39 is 0 Å². The van der Waals surface area contributed by atoms with Gasteiger partial charge in [0.2, 0.25) is 11.8 Å². The molecule has 0 N–H and O–H groups in total. The maximum absolute atomic E-state index is 6.22. The van der Waals surface area contributed by atoms with Crippen molar-refractivity contribution in [2.45, 2.75) is 0 Å². The summed E-state index contributed by atoms with van der Waals surface area (Å²) in [5.74, 6) is 0.984. The highest BCUT2D eigenvalue weighted by molar-refractivity contribution is 6.09. The summed E-state index contributed by atoms with van der Waals surface area (Å²) in [6.07, 6.45) is 0. The molecule has 0 atom stereocenters. The quantitative estimate of drug-likeness (QED) is 0.234. The molecule has 4 heteroatoms. The van der Waals surface area contributed by atoms with E-state index in [1.165, 1.54) is 16.3 Å². The van der Waals surface area contributed by atoms with Gasteiger partial charge in [-0.15, -0.1) is 10.2 Å². The molecule has 0 bridgehead atoms. The molecule has 0 aliphatic rings. The molecule has 0 saturated heterocycles. The molecule has 2 heterocycles. The monoisotopic (exact) mass is 514 g/mol. The first kappa shape index (κ1) is 22.5. The van der Waals surface area contributed by atoms with Gasteiger partial charge in [-0.05, 0) is 57.8 Å². The van der Waals surface area contributed by atoms with Gasteiger partial charge in [-0.1, -0.05) is 103 Å². The lowest BCUT2D eigenvalue weighted by atomic mass is 9.97. The van der Waals surface area contributed by atoms with Crippen LogP contribution in [0.4, 0.5) is 0 Å². The Labute approximate surface area is 230 Å². The summed E-state index contributed by atoms with van der Waals surface area (Å²) in [5, 5.41) is 13.4. The molecule has 188 valence electrons. The number of hydrogen-bond donors (Lipinski definition) is 0. The van der Waals surface area contributed by atoms with Gasteiger partial charge in [0.15, 0.2) is 0 Å². The zero-order valence-corrected chi connectivity index (χ0v) is 21.4. The normalized spacial score (nSPS) is 11.5. The zero-order valence-electron chi connectivity index (χ0n) is 21.4. The molecule has 6 aromatic carbocycles. The van der Waals surface area contributed by atoms with E-state index in [1.54, 1.807) is 0 Å². The third-order valence-electron chi connectivity index (χ3n) is 7.50. The first-order chi connectivity index (χ1) is 19.8. The molecule has 2 aromatic heterocycles. The molecule has 0 unspecified atom stereocenters. The third-order valence-corrected chi connectivity index (χ3v) is 7.50. The topological polar surface area (TPSA) is 52.1 Å². The molecule has 0 amide bonds. The minimum Gasteiger partial charge on any atom is -0.455 e. The van der Waals surface area contributed by atoms with Crippen molar-refractivity contribution in [1.29, 1.82) is 0 Å². The summed E-state index contributed by atoms with van der Waals surface area (Å²) in [7, 11) is 0. The largest absolute Gasteiger partial charge is 0.455 e. The Morgan fingerprint density at radius 1 is 0.375 bits per heavy atom. The van der Waals surface area contributed by atoms with Crippen LogP contribution in [0.2, 0.25) is 0 Å². The zero-order chi connectivity index (χ0) is 26.5. The number of aromatic nitrogens is 2. The number of furan rings is 1. The van der Waals surface area contributed by atoms with Gasteiger partial charge in [0.05, 0.1) is 0 Å². The minimum atomic E-state index is 0.488. The summed E-state index contributed by atoms with van der Waals surface area (Å²) >= 11 is 0. The summed E-state index contributed by atoms with van der Waals surface area (Å²) in [6.45, 7) is 0. The van der Waals surface area contributed by atoms with Gasteiger partial charge < -0.3 is 8.83 Å². The van der Waals surface area contributed by atoms with Crippen molar-refractivity contribution < 1.29 is 8.83 Å². The van der Waals surface area contributed by atoms with Crippen LogP contribution in [0, 0.1) is 0 Å². The third kappa shape index (κ3) is 3.69. The highest BCUT2D eigenvalue weighted by Gasteiger charge is 2.14. The summed E-state index contributed by atoms with van der Waals surface area (Å²) in [4.78, 5) is 0. The number of para-hydroxylation sites is 2. The molecule has 0 spiro atoms. The lowest BCUT2D eigenvalue weighted by Gasteiger charge is -2.07. The molecule has 0 aliphatic heterocycles. The van der Waals surface area contributed by atoms with Crippen LogP contribution in [0.1, 0.15) is 0 Å². The Bertz CT molecular complexity index is 2150. The molecular weight excluding hydrogens is 492 g/mol. The SMILES string of the molecule is c1ccc2c(-c3ccc(-c4nnc(-c5ccc(-c6cccc7c6oc6ccccc67)cc5)o4)cc3)cccc2c1. The van der Waals surface area contributed by atoms with Crippen LogP contribution >= 0.6 is 0 Å². The van der Waals surface area contributed by atoms with Crippen LogP contribution < -0.4 is 0 Å². The van der Waals surface area contributed by atoms with E-state index in [9.17, 15) is 0 Å². The Morgan fingerprint density at radius 3 is 1.65 bits per heavy atom. The van der Waals surface area contributed by atoms with E-state index in [0.717, 1.165) is 49.8 Å². The molecule has 0 saturated carbocycles. The molecule has 0 fully saturated rings. The van der Waals surface area contributed by atoms with Crippen molar-refractivity contribution in [1.82, 2.24) is 10.2 Å². The summed E-state index contributed by atoms with van der Waals surface area (Å²) in [5.41, 5.74) is 8.01. The van der Waals surface area contributed by atoms with Crippen LogP contribution in [0.5, 0.6) is 0 Å². The average molecular weight is 515 g/mol. The minimum absolute atomic E-state index is 0.488. The standard InChI is InChI=1S/C36H22N2O2/c1-2-9-28-23(7-1)8-5-11-29(28)24-15-19-26(20-16-24)35-37-38-36(40-35)27-21-17-25(18-22-27)30-12-6-13-32-31-10-3-4-14-33(31)39-34(30)32/h1-22H. The second-order valence-electron chi connectivity index (χ2n) is 9.87. The Balaban J connectivity index is 1.08. The van der Waals surface area contributed by atoms with Crippen LogP contribution in [0.25, 0.3) is 77.9 Å². The lowest BCUT2D eigenvalue weighted by molar-refractivity contribution is 0.584. The second-order valence-corrected chi connectivity index (χ2v) is 9.87. The van der Waals surface area contributed by atoms with Crippen LogP contribution in [0.3, 0.4) is 0 Å². The van der Waals surface area contributed by atoms with Crippen molar-refractivity contribution in [2.24, 2.45) is 0 Å². The predicted octanol–water partition coefficient (Wildman–Crippen LogP) is 9.79. The van der Waals surface area contributed by atoms with E-state index in [0.29, 0.717) is 11.8 Å². The number of hydrogen-bond acceptors (Lipinski definition) is 4. The molecule has 40 heavy (non-hydrogen) atoms. The lowest BCUT2D eigenvalue weighted by Crippen LogP contribution is -1.83. The Kier molecular flexibility index (Phi) is 5.10. The fraction of sp³-hybridized carbons (Fsp3) is 0. The van der Waals surface area contributed by atoms with Crippen molar-refractivity contribution >= 4 is 32.7 Å². The average Bonchev–Trinajstić information content (AvgIpc) is 3.67. The van der Waals surface area contributed by atoms with Crippen LogP contribution in [0.15, 0.2) is 142 Å². The second kappa shape index (κ2) is 9.07. The maximum atomic E-state index is 6.22. The first-order valence-electron chi connectivity index (χ1n) is 13.2. The van der Waals surface area contributed by atoms with Crippen molar-refractivity contribution in [2.75, 3.05) is 0 Å². The smallest absolute Gasteiger partial charge is 0.248 e. The fourth-order valence-corrected chi connectivity index (χ4v) is 5.49. The van der Waals surface area contributed by atoms with Gasteiger partial charge in [0.25, 0.3) is 0 Å². The first-order valence-corrected chi connectivity index (χ1v) is 13.2. The van der Waals surface area contributed by atoms with Gasteiger partial charge in [0.1, 0.15) is 11.2 Å². The number of fused-ring (bicyclic) bond motifs is 4. The van der Waals surface area contributed by atoms with Gasteiger partial charge in [-0.2, -0.15) is 0 Å².